The molecule has 0 spiro atoms. The lowest BCUT2D eigenvalue weighted by Gasteiger charge is -2.28. The van der Waals surface area contributed by atoms with Crippen molar-refractivity contribution in [3.8, 4) is 11.5 Å². The van der Waals surface area contributed by atoms with Gasteiger partial charge in [0, 0.05) is 22.4 Å². The zero-order valence-corrected chi connectivity index (χ0v) is 29.1. The number of oxazole rings is 1. The van der Waals surface area contributed by atoms with Gasteiger partial charge in [0.05, 0.1) is 17.6 Å². The molecule has 2 N–H and O–H groups in total. The number of rotatable bonds is 10. The summed E-state index contributed by atoms with van der Waals surface area (Å²) in [6, 6.07) is 22.0. The van der Waals surface area contributed by atoms with Gasteiger partial charge >= 0.3 is 0 Å². The molecule has 1 aliphatic heterocycles. The summed E-state index contributed by atoms with van der Waals surface area (Å²) < 4.78 is 12.4. The minimum Gasteiger partial charge on any atom is -0.507 e. The summed E-state index contributed by atoms with van der Waals surface area (Å²) in [6.07, 6.45) is 1.06. The zero-order valence-electron chi connectivity index (χ0n) is 27.5. The molecule has 242 valence electrons. The fraction of sp³-hybridized carbons (Fsp3) is 0.378. The van der Waals surface area contributed by atoms with Crippen LogP contribution in [0.15, 0.2) is 76.0 Å². The molecule has 2 amide bonds. The summed E-state index contributed by atoms with van der Waals surface area (Å²) in [5, 5.41) is 12.7. The molecule has 1 fully saturated rings. The third-order valence-electron chi connectivity index (χ3n) is 7.91. The van der Waals surface area contributed by atoms with Crippen LogP contribution in [0.1, 0.15) is 86.4 Å². The normalized spacial score (nSPS) is 16.0. The highest BCUT2D eigenvalue weighted by atomic mass is 32.2. The van der Waals surface area contributed by atoms with Gasteiger partial charge in [0.1, 0.15) is 22.5 Å². The number of aryl methyl sites for hydroxylation is 1. The van der Waals surface area contributed by atoms with Crippen molar-refractivity contribution in [2.75, 3.05) is 6.61 Å². The van der Waals surface area contributed by atoms with Gasteiger partial charge in [0.25, 0.3) is 5.24 Å². The lowest BCUT2D eigenvalue weighted by atomic mass is 9.79. The van der Waals surface area contributed by atoms with Gasteiger partial charge < -0.3 is 14.3 Å². The van der Waals surface area contributed by atoms with E-state index >= 15 is 0 Å². The van der Waals surface area contributed by atoms with Crippen LogP contribution in [0.25, 0.3) is 0 Å². The number of hydrogen-bond donors (Lipinski definition) is 2. The lowest BCUT2D eigenvalue weighted by Crippen LogP contribution is -2.25. The molecule has 2 atom stereocenters. The van der Waals surface area contributed by atoms with E-state index in [4.69, 9.17) is 14.1 Å². The Kier molecular flexibility index (Phi) is 9.94. The smallest absolute Gasteiger partial charge is 0.286 e. The van der Waals surface area contributed by atoms with Crippen LogP contribution in [0.3, 0.4) is 0 Å². The Hall–Kier alpha value is -3.69. The van der Waals surface area contributed by atoms with Crippen LogP contribution in [0.4, 0.5) is 4.79 Å². The molecule has 9 heteroatoms. The predicted molar refractivity (Wildman–Crippen MR) is 185 cm³/mol. The number of phenols is 1. The van der Waals surface area contributed by atoms with Crippen molar-refractivity contribution >= 4 is 34.7 Å². The molecular weight excluding hydrogens is 617 g/mol. The Bertz CT molecular complexity index is 1670. The molecule has 7 nitrogen and oxygen atoms in total. The Balaban J connectivity index is 1.32. The topological polar surface area (TPSA) is 102 Å². The van der Waals surface area contributed by atoms with Gasteiger partial charge in [-0.3, -0.25) is 14.9 Å². The van der Waals surface area contributed by atoms with Gasteiger partial charge in [-0.15, -0.1) is 11.8 Å². The van der Waals surface area contributed by atoms with Crippen LogP contribution < -0.4 is 10.1 Å². The van der Waals surface area contributed by atoms with E-state index in [0.29, 0.717) is 31.1 Å². The number of carbonyl (C=O) groups is 2. The van der Waals surface area contributed by atoms with E-state index in [0.717, 1.165) is 56.1 Å². The molecule has 0 saturated carbocycles. The predicted octanol–water partition coefficient (Wildman–Crippen LogP) is 8.68. The second-order valence-corrected chi connectivity index (χ2v) is 16.0. The Morgan fingerprint density at radius 2 is 1.61 bits per heavy atom. The number of phenolic OH excluding ortho intramolecular Hbond substituents is 1. The highest BCUT2D eigenvalue weighted by Gasteiger charge is 2.32. The zero-order chi connectivity index (χ0) is 33.2. The van der Waals surface area contributed by atoms with Crippen LogP contribution in [0.2, 0.25) is 0 Å². The maximum atomic E-state index is 11.9. The van der Waals surface area contributed by atoms with Gasteiger partial charge in [-0.2, -0.15) is 0 Å². The first kappa shape index (κ1) is 33.7. The van der Waals surface area contributed by atoms with Crippen molar-refractivity contribution in [2.24, 2.45) is 0 Å². The molecule has 0 radical (unpaired) electrons. The molecule has 0 aliphatic carbocycles. The summed E-state index contributed by atoms with van der Waals surface area (Å²) >= 11 is 2.71. The minimum atomic E-state index is -0.392. The quantitative estimate of drug-likeness (QED) is 0.163. The molecule has 46 heavy (non-hydrogen) atoms. The molecule has 2 heterocycles. The molecule has 1 aliphatic rings. The van der Waals surface area contributed by atoms with E-state index in [1.807, 2.05) is 49.4 Å². The van der Waals surface area contributed by atoms with Crippen LogP contribution >= 0.6 is 23.5 Å². The average Bonchev–Trinajstić information content (AvgIpc) is 3.51. The number of imide groups is 1. The Morgan fingerprint density at radius 3 is 2.17 bits per heavy atom. The van der Waals surface area contributed by atoms with E-state index in [1.165, 1.54) is 0 Å². The van der Waals surface area contributed by atoms with Crippen molar-refractivity contribution in [1.82, 2.24) is 10.3 Å². The number of nitrogens with one attached hydrogen (secondary N) is 1. The molecule has 1 aromatic heterocycles. The van der Waals surface area contributed by atoms with Gasteiger partial charge in [-0.05, 0) is 59.6 Å². The lowest BCUT2D eigenvalue weighted by molar-refractivity contribution is -0.118. The SMILES string of the molecule is Cc1oc(C(Sc2cc(C(C)(C)C)c(O)c(C(C)(C)C)c2)c2ccccc2)nc1CCOc1ccc(CC2SC(=O)NC2=O)cc1. The van der Waals surface area contributed by atoms with E-state index in [1.54, 1.807) is 11.8 Å². The molecule has 3 aromatic carbocycles. The van der Waals surface area contributed by atoms with Crippen molar-refractivity contribution in [2.45, 2.75) is 87.5 Å². The second kappa shape index (κ2) is 13.6. The number of carbonyl (C=O) groups excluding carboxylic acids is 2. The largest absolute Gasteiger partial charge is 0.507 e. The highest BCUT2D eigenvalue weighted by Crippen LogP contribution is 2.46. The second-order valence-electron chi connectivity index (χ2n) is 13.7. The van der Waals surface area contributed by atoms with Gasteiger partial charge in [-0.1, -0.05) is 95.8 Å². The van der Waals surface area contributed by atoms with Crippen LogP contribution in [0, 0.1) is 6.92 Å². The van der Waals surface area contributed by atoms with Crippen molar-refractivity contribution in [3.05, 3.63) is 106 Å². The standard InChI is InChI=1S/C37H42N2O5S2/c1-22-29(17-18-43-25-15-13-23(14-16-25)19-30-33(41)39-35(42)46-30)38-34(44-22)32(24-11-9-8-10-12-24)45-26-20-27(36(2,3)4)31(40)28(21-26)37(5,6)7/h8-16,20-21,30,32,40H,17-19H2,1-7H3,(H,39,41,42). The number of ether oxygens (including phenoxy) is 1. The third-order valence-corrected chi connectivity index (χ3v) is 10.1. The number of benzene rings is 3. The number of aromatic hydroxyl groups is 1. The number of amides is 2. The Labute approximate surface area is 279 Å². The first-order valence-electron chi connectivity index (χ1n) is 15.5. The maximum Gasteiger partial charge on any atom is 0.286 e. The van der Waals surface area contributed by atoms with Gasteiger partial charge in [0.15, 0.2) is 0 Å². The summed E-state index contributed by atoms with van der Waals surface area (Å²) in [5.41, 5.74) is 4.26. The van der Waals surface area contributed by atoms with Crippen molar-refractivity contribution in [3.63, 3.8) is 0 Å². The van der Waals surface area contributed by atoms with E-state index < -0.39 is 5.25 Å². The monoisotopic (exact) mass is 658 g/mol. The molecule has 1 saturated heterocycles. The van der Waals surface area contributed by atoms with Crippen LogP contribution in [-0.2, 0) is 28.5 Å². The summed E-state index contributed by atoms with van der Waals surface area (Å²) in [6.45, 7) is 15.1. The Morgan fingerprint density at radius 1 is 0.978 bits per heavy atom. The van der Waals surface area contributed by atoms with Crippen molar-refractivity contribution in [1.29, 1.82) is 0 Å². The molecule has 4 aromatic rings. The fourth-order valence-corrected chi connectivity index (χ4v) is 7.37. The number of aromatic nitrogens is 1. The number of thioether (sulfide) groups is 2. The molecule has 5 rings (SSSR count). The van der Waals surface area contributed by atoms with E-state index in [2.05, 4.69) is 71.1 Å². The summed E-state index contributed by atoms with van der Waals surface area (Å²) in [5.74, 6) is 2.23. The highest BCUT2D eigenvalue weighted by molar-refractivity contribution is 8.15. The van der Waals surface area contributed by atoms with Crippen LogP contribution in [-0.4, -0.2) is 33.1 Å². The fourth-order valence-electron chi connectivity index (χ4n) is 5.37. The molecule has 2 unspecified atom stereocenters. The molecule has 0 bridgehead atoms. The molecular formula is C37H42N2O5S2. The van der Waals surface area contributed by atoms with E-state index in [9.17, 15) is 14.7 Å². The summed E-state index contributed by atoms with van der Waals surface area (Å²) in [7, 11) is 0. The van der Waals surface area contributed by atoms with Gasteiger partial charge in [0.2, 0.25) is 11.8 Å². The summed E-state index contributed by atoms with van der Waals surface area (Å²) in [4.78, 5) is 29.4. The minimum absolute atomic E-state index is 0.192. The average molecular weight is 659 g/mol. The number of nitrogens with zero attached hydrogens (tertiary/aromatic N) is 1. The third kappa shape index (κ3) is 7.99. The number of hydrogen-bond acceptors (Lipinski definition) is 8. The maximum absolute atomic E-state index is 11.9. The van der Waals surface area contributed by atoms with Gasteiger partial charge in [-0.25, -0.2) is 4.98 Å². The van der Waals surface area contributed by atoms with E-state index in [-0.39, 0.29) is 27.2 Å². The first-order chi connectivity index (χ1) is 21.7. The van der Waals surface area contributed by atoms with Crippen molar-refractivity contribution < 1.29 is 23.8 Å². The first-order valence-corrected chi connectivity index (χ1v) is 17.2. The van der Waals surface area contributed by atoms with Crippen LogP contribution in [0.5, 0.6) is 11.5 Å².